The van der Waals surface area contributed by atoms with Crippen LogP contribution in [0.15, 0.2) is 23.3 Å². The number of hydrogen-bond acceptors (Lipinski definition) is 3. The van der Waals surface area contributed by atoms with Gasteiger partial charge in [-0.05, 0) is 38.3 Å². The zero-order chi connectivity index (χ0) is 11.7. The molecular formula is C12H20O3. The van der Waals surface area contributed by atoms with Crippen LogP contribution in [0.1, 0.15) is 26.7 Å². The molecule has 0 N–H and O–H groups in total. The minimum Gasteiger partial charge on any atom is -0.352 e. The van der Waals surface area contributed by atoms with Crippen molar-refractivity contribution in [2.24, 2.45) is 0 Å². The molecule has 0 aromatic heterocycles. The number of aldehydes is 1. The van der Waals surface area contributed by atoms with Crippen molar-refractivity contribution in [3.05, 3.63) is 23.3 Å². The van der Waals surface area contributed by atoms with Crippen molar-refractivity contribution in [2.45, 2.75) is 33.0 Å². The molecular weight excluding hydrogens is 192 g/mol. The summed E-state index contributed by atoms with van der Waals surface area (Å²) in [5.74, 6) is 0. The van der Waals surface area contributed by atoms with Gasteiger partial charge in [0.1, 0.15) is 6.29 Å². The van der Waals surface area contributed by atoms with Crippen molar-refractivity contribution in [3.63, 3.8) is 0 Å². The van der Waals surface area contributed by atoms with E-state index in [1.165, 1.54) is 0 Å². The van der Waals surface area contributed by atoms with Crippen LogP contribution in [-0.2, 0) is 14.3 Å². The van der Waals surface area contributed by atoms with E-state index in [1.54, 1.807) is 20.3 Å². The molecule has 0 atom stereocenters. The lowest BCUT2D eigenvalue weighted by Crippen LogP contribution is -2.14. The van der Waals surface area contributed by atoms with Crippen LogP contribution in [0.3, 0.4) is 0 Å². The lowest BCUT2D eigenvalue weighted by Gasteiger charge is -2.13. The van der Waals surface area contributed by atoms with Crippen molar-refractivity contribution < 1.29 is 14.3 Å². The van der Waals surface area contributed by atoms with Crippen molar-refractivity contribution in [1.82, 2.24) is 0 Å². The van der Waals surface area contributed by atoms with Crippen LogP contribution < -0.4 is 0 Å². The predicted molar refractivity (Wildman–Crippen MR) is 60.6 cm³/mol. The predicted octanol–water partition coefficient (Wildman–Crippen LogP) is 2.48. The first kappa shape index (κ1) is 14.1. The third-order valence-corrected chi connectivity index (χ3v) is 2.16. The van der Waals surface area contributed by atoms with E-state index >= 15 is 0 Å². The van der Waals surface area contributed by atoms with Crippen molar-refractivity contribution >= 4 is 6.29 Å². The normalized spacial score (nSPS) is 13.4. The molecule has 15 heavy (non-hydrogen) atoms. The SMILES string of the molecule is COC(OC)C(C)=CCCC(C)=CC=O. The summed E-state index contributed by atoms with van der Waals surface area (Å²) in [5, 5.41) is 0. The highest BCUT2D eigenvalue weighted by Gasteiger charge is 2.05. The van der Waals surface area contributed by atoms with Crippen LogP contribution in [-0.4, -0.2) is 26.8 Å². The second-order valence-electron chi connectivity index (χ2n) is 3.44. The lowest BCUT2D eigenvalue weighted by molar-refractivity contribution is -0.104. The largest absolute Gasteiger partial charge is 0.352 e. The van der Waals surface area contributed by atoms with Gasteiger partial charge in [0.25, 0.3) is 0 Å². The Kier molecular flexibility index (Phi) is 7.86. The van der Waals surface area contributed by atoms with E-state index < -0.39 is 0 Å². The Hall–Kier alpha value is -0.930. The molecule has 0 bridgehead atoms. The minimum atomic E-state index is -0.264. The molecule has 0 heterocycles. The van der Waals surface area contributed by atoms with Crippen LogP contribution in [0.25, 0.3) is 0 Å². The summed E-state index contributed by atoms with van der Waals surface area (Å²) < 4.78 is 10.2. The molecule has 0 aliphatic heterocycles. The van der Waals surface area contributed by atoms with Gasteiger partial charge in [-0.2, -0.15) is 0 Å². The quantitative estimate of drug-likeness (QED) is 0.281. The molecule has 3 heteroatoms. The number of allylic oxidation sites excluding steroid dienone is 3. The molecule has 0 aliphatic rings. The Bertz CT molecular complexity index is 237. The van der Waals surface area contributed by atoms with Gasteiger partial charge in [0.05, 0.1) is 0 Å². The molecule has 0 fully saturated rings. The van der Waals surface area contributed by atoms with Gasteiger partial charge in [0, 0.05) is 14.2 Å². The van der Waals surface area contributed by atoms with Crippen LogP contribution in [0, 0.1) is 0 Å². The summed E-state index contributed by atoms with van der Waals surface area (Å²) in [5.41, 5.74) is 2.14. The molecule has 3 nitrogen and oxygen atoms in total. The molecule has 0 aliphatic carbocycles. The van der Waals surface area contributed by atoms with Crippen LogP contribution in [0.5, 0.6) is 0 Å². The van der Waals surface area contributed by atoms with Gasteiger partial charge < -0.3 is 9.47 Å². The molecule has 0 spiro atoms. The van der Waals surface area contributed by atoms with E-state index in [1.807, 2.05) is 13.8 Å². The minimum absolute atomic E-state index is 0.264. The molecule has 0 aromatic carbocycles. The second kappa shape index (κ2) is 8.38. The maximum absolute atomic E-state index is 10.2. The summed E-state index contributed by atoms with van der Waals surface area (Å²) in [7, 11) is 3.23. The number of methoxy groups -OCH3 is 2. The molecule has 86 valence electrons. The number of carbonyl (C=O) groups is 1. The van der Waals surface area contributed by atoms with Gasteiger partial charge in [-0.1, -0.05) is 11.6 Å². The van der Waals surface area contributed by atoms with E-state index in [-0.39, 0.29) is 6.29 Å². The molecule has 0 saturated heterocycles. The van der Waals surface area contributed by atoms with Crippen LogP contribution >= 0.6 is 0 Å². The van der Waals surface area contributed by atoms with E-state index in [0.717, 1.165) is 30.3 Å². The lowest BCUT2D eigenvalue weighted by atomic mass is 10.1. The Morgan fingerprint density at radius 3 is 2.33 bits per heavy atom. The summed E-state index contributed by atoms with van der Waals surface area (Å²) in [4.78, 5) is 10.2. The van der Waals surface area contributed by atoms with Gasteiger partial charge >= 0.3 is 0 Å². The van der Waals surface area contributed by atoms with Gasteiger partial charge in [-0.3, -0.25) is 4.79 Å². The average molecular weight is 212 g/mol. The van der Waals surface area contributed by atoms with Gasteiger partial charge in [-0.25, -0.2) is 0 Å². The van der Waals surface area contributed by atoms with E-state index in [9.17, 15) is 4.79 Å². The topological polar surface area (TPSA) is 35.5 Å². The number of hydrogen-bond donors (Lipinski definition) is 0. The highest BCUT2D eigenvalue weighted by atomic mass is 16.7. The van der Waals surface area contributed by atoms with Gasteiger partial charge in [0.2, 0.25) is 0 Å². The number of ether oxygens (including phenoxy) is 2. The Balaban J connectivity index is 4.05. The zero-order valence-electron chi connectivity index (χ0n) is 9.95. The first-order valence-electron chi connectivity index (χ1n) is 4.98. The molecule has 0 rings (SSSR count). The Morgan fingerprint density at radius 2 is 1.87 bits per heavy atom. The maximum atomic E-state index is 10.2. The summed E-state index contributed by atoms with van der Waals surface area (Å²) in [6.07, 6.45) is 5.99. The molecule has 0 amide bonds. The monoisotopic (exact) mass is 212 g/mol. The van der Waals surface area contributed by atoms with Crippen molar-refractivity contribution in [3.8, 4) is 0 Å². The van der Waals surface area contributed by atoms with Gasteiger partial charge in [0.15, 0.2) is 6.29 Å². The number of rotatable bonds is 7. The zero-order valence-corrected chi connectivity index (χ0v) is 9.95. The Morgan fingerprint density at radius 1 is 1.27 bits per heavy atom. The van der Waals surface area contributed by atoms with E-state index in [0.29, 0.717) is 0 Å². The third-order valence-electron chi connectivity index (χ3n) is 2.16. The van der Waals surface area contributed by atoms with Crippen molar-refractivity contribution in [1.29, 1.82) is 0 Å². The van der Waals surface area contributed by atoms with Gasteiger partial charge in [-0.15, -0.1) is 0 Å². The standard InChI is InChI=1S/C12H20O3/c1-10(8-9-13)6-5-7-11(2)12(14-3)15-4/h7-9,12H,5-6H2,1-4H3. The van der Waals surface area contributed by atoms with Crippen LogP contribution in [0.2, 0.25) is 0 Å². The molecule has 0 radical (unpaired) electrons. The summed E-state index contributed by atoms with van der Waals surface area (Å²) >= 11 is 0. The maximum Gasteiger partial charge on any atom is 0.178 e. The average Bonchev–Trinajstić information content (AvgIpc) is 2.20. The highest BCUT2D eigenvalue weighted by Crippen LogP contribution is 2.10. The fourth-order valence-corrected chi connectivity index (χ4v) is 1.29. The highest BCUT2D eigenvalue weighted by molar-refractivity contribution is 5.65. The third kappa shape index (κ3) is 6.20. The summed E-state index contributed by atoms with van der Waals surface area (Å²) in [6, 6.07) is 0. The van der Waals surface area contributed by atoms with Crippen LogP contribution in [0.4, 0.5) is 0 Å². The fraction of sp³-hybridized carbons (Fsp3) is 0.583. The fourth-order valence-electron chi connectivity index (χ4n) is 1.29. The Labute approximate surface area is 91.8 Å². The number of carbonyl (C=O) groups excluding carboxylic acids is 1. The summed E-state index contributed by atoms with van der Waals surface area (Å²) in [6.45, 7) is 3.91. The first-order valence-corrected chi connectivity index (χ1v) is 4.98. The molecule has 0 unspecified atom stereocenters. The smallest absolute Gasteiger partial charge is 0.178 e. The van der Waals surface area contributed by atoms with E-state index in [4.69, 9.17) is 9.47 Å². The molecule has 0 saturated carbocycles. The molecule has 0 aromatic rings. The van der Waals surface area contributed by atoms with Crippen molar-refractivity contribution in [2.75, 3.05) is 14.2 Å². The second-order valence-corrected chi connectivity index (χ2v) is 3.44. The first-order chi connectivity index (χ1) is 7.15. The van der Waals surface area contributed by atoms with E-state index in [2.05, 4.69) is 6.08 Å².